The second kappa shape index (κ2) is 4.73. The average molecular weight is 279 g/mol. The molecule has 2 rings (SSSR count). The van der Waals surface area contributed by atoms with Crippen LogP contribution in [0.5, 0.6) is 0 Å². The Bertz CT molecular complexity index is 461. The summed E-state index contributed by atoms with van der Waals surface area (Å²) in [5.74, 6) is 0.854. The lowest BCUT2D eigenvalue weighted by atomic mass is 9.79. The third kappa shape index (κ3) is 3.27. The fourth-order valence-electron chi connectivity index (χ4n) is 3.26. The summed E-state index contributed by atoms with van der Waals surface area (Å²) in [7, 11) is 1.98. The fourth-order valence-corrected chi connectivity index (χ4v) is 3.26. The van der Waals surface area contributed by atoms with Gasteiger partial charge >= 0.3 is 0 Å². The Hall–Kier alpha value is -1.63. The zero-order valence-electron chi connectivity index (χ0n) is 12.9. The number of hydrogen-bond acceptors (Lipinski definition) is 7. The fraction of sp³-hybridized carbons (Fsp3) is 0.769. The Morgan fingerprint density at radius 2 is 1.45 bits per heavy atom. The van der Waals surface area contributed by atoms with Gasteiger partial charge in [0.2, 0.25) is 17.8 Å². The SMILES string of the molecule is CN(c1nc(N)nc(N)n1)C1CC(C)(C)NC(C)(C)C1. The number of piperidine rings is 1. The predicted octanol–water partition coefficient (Wildman–Crippen LogP) is 0.781. The van der Waals surface area contributed by atoms with Gasteiger partial charge in [-0.1, -0.05) is 0 Å². The van der Waals surface area contributed by atoms with E-state index in [0.717, 1.165) is 12.8 Å². The Balaban J connectivity index is 2.25. The Morgan fingerprint density at radius 3 is 1.90 bits per heavy atom. The van der Waals surface area contributed by atoms with Crippen LogP contribution in [0.4, 0.5) is 17.8 Å². The van der Waals surface area contributed by atoms with E-state index in [9.17, 15) is 0 Å². The first-order valence-corrected chi connectivity index (χ1v) is 6.87. The highest BCUT2D eigenvalue weighted by molar-refractivity contribution is 5.40. The van der Waals surface area contributed by atoms with Gasteiger partial charge in [0.15, 0.2) is 0 Å². The Morgan fingerprint density at radius 1 is 1.00 bits per heavy atom. The molecule has 0 radical (unpaired) electrons. The molecule has 1 aliphatic rings. The summed E-state index contributed by atoms with van der Waals surface area (Å²) in [6, 6.07) is 0.322. The lowest BCUT2D eigenvalue weighted by Crippen LogP contribution is -2.62. The summed E-state index contributed by atoms with van der Waals surface area (Å²) >= 11 is 0. The molecule has 2 heterocycles. The van der Waals surface area contributed by atoms with Gasteiger partial charge in [-0.3, -0.25) is 0 Å². The molecule has 0 bridgehead atoms. The van der Waals surface area contributed by atoms with Crippen molar-refractivity contribution in [2.45, 2.75) is 57.7 Å². The third-order valence-electron chi connectivity index (χ3n) is 3.69. The predicted molar refractivity (Wildman–Crippen MR) is 81.4 cm³/mol. The van der Waals surface area contributed by atoms with Gasteiger partial charge in [-0.2, -0.15) is 15.0 Å². The van der Waals surface area contributed by atoms with Crippen molar-refractivity contribution in [3.05, 3.63) is 0 Å². The van der Waals surface area contributed by atoms with Crippen molar-refractivity contribution >= 4 is 17.8 Å². The smallest absolute Gasteiger partial charge is 0.231 e. The topological polar surface area (TPSA) is 106 Å². The van der Waals surface area contributed by atoms with Crippen LogP contribution in [0, 0.1) is 0 Å². The minimum atomic E-state index is 0.0603. The van der Waals surface area contributed by atoms with Crippen molar-refractivity contribution in [2.75, 3.05) is 23.4 Å². The number of aromatic nitrogens is 3. The van der Waals surface area contributed by atoms with E-state index in [4.69, 9.17) is 11.5 Å². The van der Waals surface area contributed by atoms with E-state index in [1.807, 2.05) is 7.05 Å². The summed E-state index contributed by atoms with van der Waals surface area (Å²) in [5.41, 5.74) is 11.4. The highest BCUT2D eigenvalue weighted by atomic mass is 15.3. The van der Waals surface area contributed by atoms with Crippen LogP contribution in [0.15, 0.2) is 0 Å². The lowest BCUT2D eigenvalue weighted by Gasteiger charge is -2.48. The van der Waals surface area contributed by atoms with Crippen molar-refractivity contribution in [1.82, 2.24) is 20.3 Å². The van der Waals surface area contributed by atoms with E-state index in [1.165, 1.54) is 0 Å². The van der Waals surface area contributed by atoms with Gasteiger partial charge in [0.05, 0.1) is 0 Å². The molecule has 1 saturated heterocycles. The number of nitrogen functional groups attached to an aromatic ring is 2. The van der Waals surface area contributed by atoms with Gasteiger partial charge in [-0.15, -0.1) is 0 Å². The largest absolute Gasteiger partial charge is 0.368 e. The number of rotatable bonds is 2. The van der Waals surface area contributed by atoms with Crippen molar-refractivity contribution in [3.8, 4) is 0 Å². The molecule has 0 saturated carbocycles. The first-order chi connectivity index (χ1) is 9.08. The van der Waals surface area contributed by atoms with E-state index >= 15 is 0 Å². The quantitative estimate of drug-likeness (QED) is 0.734. The van der Waals surface area contributed by atoms with Crippen molar-refractivity contribution in [3.63, 3.8) is 0 Å². The van der Waals surface area contributed by atoms with Gasteiger partial charge in [-0.25, -0.2) is 0 Å². The molecule has 0 amide bonds. The molecule has 112 valence electrons. The standard InChI is InChI=1S/C13H25N7/c1-12(2)6-8(7-13(3,4)19-12)20(5)11-17-9(14)16-10(15)18-11/h8,19H,6-7H2,1-5H3,(H4,14,15,16,17,18). The number of nitrogens with zero attached hydrogens (tertiary/aromatic N) is 4. The zero-order valence-corrected chi connectivity index (χ0v) is 12.9. The monoisotopic (exact) mass is 279 g/mol. The summed E-state index contributed by atoms with van der Waals surface area (Å²) in [6.07, 6.45) is 2.00. The number of anilines is 3. The van der Waals surface area contributed by atoms with E-state index < -0.39 is 0 Å². The highest BCUT2D eigenvalue weighted by Crippen LogP contribution is 2.32. The van der Waals surface area contributed by atoms with Crippen LogP contribution in [-0.4, -0.2) is 39.1 Å². The van der Waals surface area contributed by atoms with E-state index in [0.29, 0.717) is 12.0 Å². The second-order valence-electron chi connectivity index (χ2n) is 6.92. The van der Waals surface area contributed by atoms with Gasteiger partial charge in [-0.05, 0) is 40.5 Å². The minimum absolute atomic E-state index is 0.0603. The number of hydrogen-bond donors (Lipinski definition) is 3. The first kappa shape index (κ1) is 14.8. The van der Waals surface area contributed by atoms with E-state index in [1.54, 1.807) is 0 Å². The molecule has 7 heteroatoms. The van der Waals surface area contributed by atoms with Crippen LogP contribution in [0.2, 0.25) is 0 Å². The average Bonchev–Trinajstić information content (AvgIpc) is 2.22. The Kier molecular flexibility index (Phi) is 3.49. The van der Waals surface area contributed by atoms with Crippen LogP contribution in [0.25, 0.3) is 0 Å². The minimum Gasteiger partial charge on any atom is -0.368 e. The molecule has 1 fully saturated rings. The van der Waals surface area contributed by atoms with Crippen LogP contribution in [0.1, 0.15) is 40.5 Å². The Labute approximate surface area is 120 Å². The van der Waals surface area contributed by atoms with Crippen LogP contribution >= 0.6 is 0 Å². The van der Waals surface area contributed by atoms with Gasteiger partial charge in [0.25, 0.3) is 0 Å². The number of nitrogens with one attached hydrogen (secondary N) is 1. The maximum absolute atomic E-state index is 5.65. The molecule has 7 nitrogen and oxygen atoms in total. The maximum atomic E-state index is 5.65. The summed E-state index contributed by atoms with van der Waals surface area (Å²) in [6.45, 7) is 8.85. The molecular formula is C13H25N7. The van der Waals surface area contributed by atoms with Crippen LogP contribution in [0.3, 0.4) is 0 Å². The molecule has 0 atom stereocenters. The normalized spacial score (nSPS) is 21.6. The van der Waals surface area contributed by atoms with E-state index in [2.05, 4.69) is 52.9 Å². The molecule has 0 unspecified atom stereocenters. The van der Waals surface area contributed by atoms with Crippen molar-refractivity contribution in [2.24, 2.45) is 0 Å². The van der Waals surface area contributed by atoms with Crippen molar-refractivity contribution in [1.29, 1.82) is 0 Å². The molecule has 20 heavy (non-hydrogen) atoms. The van der Waals surface area contributed by atoms with Gasteiger partial charge in [0.1, 0.15) is 0 Å². The summed E-state index contributed by atoms with van der Waals surface area (Å²) in [4.78, 5) is 14.2. The molecular weight excluding hydrogens is 254 g/mol. The molecule has 0 spiro atoms. The van der Waals surface area contributed by atoms with Gasteiger partial charge < -0.3 is 21.7 Å². The molecule has 0 aliphatic carbocycles. The first-order valence-electron chi connectivity index (χ1n) is 6.87. The molecule has 1 aromatic heterocycles. The van der Waals surface area contributed by atoms with Crippen molar-refractivity contribution < 1.29 is 0 Å². The maximum Gasteiger partial charge on any atom is 0.231 e. The molecule has 1 aliphatic heterocycles. The molecule has 0 aromatic carbocycles. The van der Waals surface area contributed by atoms with Crippen LogP contribution < -0.4 is 21.7 Å². The third-order valence-corrected chi connectivity index (χ3v) is 3.69. The number of nitrogens with two attached hydrogens (primary N) is 2. The summed E-state index contributed by atoms with van der Waals surface area (Å²) in [5, 5.41) is 3.66. The molecule has 5 N–H and O–H groups in total. The van der Waals surface area contributed by atoms with E-state index in [-0.39, 0.29) is 23.0 Å². The second-order valence-corrected chi connectivity index (χ2v) is 6.92. The lowest BCUT2D eigenvalue weighted by molar-refractivity contribution is 0.160. The zero-order chi connectivity index (χ0) is 15.1. The van der Waals surface area contributed by atoms with Gasteiger partial charge in [0, 0.05) is 24.2 Å². The highest BCUT2D eigenvalue weighted by Gasteiger charge is 2.39. The van der Waals surface area contributed by atoms with Crippen LogP contribution in [-0.2, 0) is 0 Å². The summed E-state index contributed by atoms with van der Waals surface area (Å²) < 4.78 is 0. The molecule has 1 aromatic rings.